The van der Waals surface area contributed by atoms with Crippen LogP contribution in [0.2, 0.25) is 0 Å². The van der Waals surface area contributed by atoms with Crippen molar-refractivity contribution in [3.63, 3.8) is 0 Å². The molecule has 0 saturated carbocycles. The van der Waals surface area contributed by atoms with Crippen LogP contribution < -0.4 is 0 Å². The number of rotatable bonds is 6. The molecule has 1 saturated heterocycles. The Morgan fingerprint density at radius 3 is 3.08 bits per heavy atom. The van der Waals surface area contributed by atoms with Gasteiger partial charge in [-0.15, -0.1) is 0 Å². The molecule has 3 heteroatoms. The van der Waals surface area contributed by atoms with Crippen molar-refractivity contribution in [2.45, 2.75) is 26.2 Å². The summed E-state index contributed by atoms with van der Waals surface area (Å²) in [5, 5.41) is 0. The van der Waals surface area contributed by atoms with Crippen LogP contribution in [0.25, 0.3) is 0 Å². The number of carbonyl (C=O) groups is 1. The van der Waals surface area contributed by atoms with Crippen LogP contribution in [0, 0.1) is 5.92 Å². The molecule has 0 N–H and O–H groups in total. The fourth-order valence-electron chi connectivity index (χ4n) is 1.41. The number of hydrogen-bond donors (Lipinski definition) is 0. The molecule has 0 aromatic heterocycles. The Morgan fingerprint density at radius 1 is 1.62 bits per heavy atom. The highest BCUT2D eigenvalue weighted by atomic mass is 16.5. The van der Waals surface area contributed by atoms with Crippen LogP contribution in [0.3, 0.4) is 0 Å². The lowest BCUT2D eigenvalue weighted by Crippen LogP contribution is -2.14. The topological polar surface area (TPSA) is 35.5 Å². The molecule has 0 amide bonds. The first-order valence-corrected chi connectivity index (χ1v) is 5.00. The Kier molecular flexibility index (Phi) is 5.01. The molecule has 1 unspecified atom stereocenters. The van der Waals surface area contributed by atoms with Crippen LogP contribution in [-0.4, -0.2) is 32.2 Å². The van der Waals surface area contributed by atoms with Gasteiger partial charge in [0.2, 0.25) is 0 Å². The van der Waals surface area contributed by atoms with Gasteiger partial charge in [0.1, 0.15) is 6.61 Å². The molecule has 76 valence electrons. The highest BCUT2D eigenvalue weighted by Gasteiger charge is 2.15. The van der Waals surface area contributed by atoms with Crippen molar-refractivity contribution in [1.29, 1.82) is 0 Å². The minimum Gasteiger partial charge on any atom is -0.381 e. The molecule has 1 aliphatic heterocycles. The van der Waals surface area contributed by atoms with Gasteiger partial charge in [-0.3, -0.25) is 4.79 Å². The molecule has 0 aromatic carbocycles. The van der Waals surface area contributed by atoms with E-state index in [1.807, 2.05) is 6.92 Å². The van der Waals surface area contributed by atoms with Crippen LogP contribution >= 0.6 is 0 Å². The van der Waals surface area contributed by atoms with Crippen LogP contribution in [0.5, 0.6) is 0 Å². The molecular weight excluding hydrogens is 168 g/mol. The van der Waals surface area contributed by atoms with Gasteiger partial charge in [-0.25, -0.2) is 0 Å². The van der Waals surface area contributed by atoms with E-state index in [4.69, 9.17) is 9.47 Å². The van der Waals surface area contributed by atoms with Crippen molar-refractivity contribution in [1.82, 2.24) is 0 Å². The first-order valence-electron chi connectivity index (χ1n) is 5.00. The normalized spacial score (nSPS) is 22.1. The predicted octanol–water partition coefficient (Wildman–Crippen LogP) is 1.41. The Morgan fingerprint density at radius 2 is 2.46 bits per heavy atom. The second-order valence-corrected chi connectivity index (χ2v) is 3.53. The van der Waals surface area contributed by atoms with Gasteiger partial charge >= 0.3 is 0 Å². The largest absolute Gasteiger partial charge is 0.381 e. The fraction of sp³-hybridized carbons (Fsp3) is 0.900. The highest BCUT2D eigenvalue weighted by Crippen LogP contribution is 2.12. The molecule has 0 aliphatic carbocycles. The molecule has 3 nitrogen and oxygen atoms in total. The van der Waals surface area contributed by atoms with Crippen molar-refractivity contribution in [2.75, 3.05) is 26.4 Å². The molecule has 0 spiro atoms. The predicted molar refractivity (Wildman–Crippen MR) is 49.7 cm³/mol. The van der Waals surface area contributed by atoms with Gasteiger partial charge in [-0.2, -0.15) is 0 Å². The minimum atomic E-state index is 0.210. The zero-order chi connectivity index (χ0) is 9.52. The lowest BCUT2D eigenvalue weighted by molar-refractivity contribution is -0.124. The molecule has 13 heavy (non-hydrogen) atoms. The van der Waals surface area contributed by atoms with Crippen LogP contribution in [0.1, 0.15) is 26.2 Å². The van der Waals surface area contributed by atoms with E-state index >= 15 is 0 Å². The minimum absolute atomic E-state index is 0.210. The quantitative estimate of drug-likeness (QED) is 0.629. The molecule has 1 aliphatic rings. The first kappa shape index (κ1) is 10.7. The summed E-state index contributed by atoms with van der Waals surface area (Å²) in [6.45, 7) is 4.60. The Labute approximate surface area is 79.4 Å². The van der Waals surface area contributed by atoms with E-state index in [2.05, 4.69) is 0 Å². The van der Waals surface area contributed by atoms with Crippen molar-refractivity contribution >= 4 is 5.78 Å². The number of carbonyl (C=O) groups excluding carboxylic acids is 1. The molecule has 0 radical (unpaired) electrons. The third-order valence-corrected chi connectivity index (χ3v) is 2.17. The van der Waals surface area contributed by atoms with Gasteiger partial charge in [-0.05, 0) is 12.8 Å². The van der Waals surface area contributed by atoms with E-state index in [0.29, 0.717) is 18.9 Å². The van der Waals surface area contributed by atoms with Crippen molar-refractivity contribution in [3.8, 4) is 0 Å². The monoisotopic (exact) mass is 186 g/mol. The fourth-order valence-corrected chi connectivity index (χ4v) is 1.41. The number of Topliss-reactive ketones (excluding diaryl/α,β-unsaturated/α-hetero) is 1. The SMILES string of the molecule is CCCC(=O)COCC1CCOC1. The second kappa shape index (κ2) is 6.11. The maximum atomic E-state index is 11.1. The first-order chi connectivity index (χ1) is 6.33. The summed E-state index contributed by atoms with van der Waals surface area (Å²) in [4.78, 5) is 11.1. The standard InChI is InChI=1S/C10H18O3/c1-2-3-10(11)8-13-7-9-4-5-12-6-9/h9H,2-8H2,1H3. The van der Waals surface area contributed by atoms with Crippen LogP contribution in [0.15, 0.2) is 0 Å². The summed E-state index contributed by atoms with van der Waals surface area (Å²) in [5.41, 5.74) is 0. The molecule has 1 heterocycles. The summed E-state index contributed by atoms with van der Waals surface area (Å²) in [6, 6.07) is 0. The summed E-state index contributed by atoms with van der Waals surface area (Å²) < 4.78 is 10.5. The summed E-state index contributed by atoms with van der Waals surface area (Å²) in [6.07, 6.45) is 2.62. The van der Waals surface area contributed by atoms with Gasteiger partial charge < -0.3 is 9.47 Å². The van der Waals surface area contributed by atoms with E-state index in [0.717, 1.165) is 26.1 Å². The Balaban J connectivity index is 1.96. The van der Waals surface area contributed by atoms with E-state index in [1.165, 1.54) is 0 Å². The maximum absolute atomic E-state index is 11.1. The summed E-state index contributed by atoms with van der Waals surface area (Å²) >= 11 is 0. The second-order valence-electron chi connectivity index (χ2n) is 3.53. The van der Waals surface area contributed by atoms with Gasteiger partial charge in [0.05, 0.1) is 13.2 Å². The number of ketones is 1. The number of hydrogen-bond acceptors (Lipinski definition) is 3. The van der Waals surface area contributed by atoms with E-state index in [-0.39, 0.29) is 12.4 Å². The van der Waals surface area contributed by atoms with E-state index < -0.39 is 0 Å². The molecule has 1 fully saturated rings. The van der Waals surface area contributed by atoms with Gasteiger partial charge in [0.25, 0.3) is 0 Å². The number of ether oxygens (including phenoxy) is 2. The van der Waals surface area contributed by atoms with Crippen LogP contribution in [-0.2, 0) is 14.3 Å². The summed E-state index contributed by atoms with van der Waals surface area (Å²) in [7, 11) is 0. The lowest BCUT2D eigenvalue weighted by Gasteiger charge is -2.07. The zero-order valence-corrected chi connectivity index (χ0v) is 8.25. The smallest absolute Gasteiger partial charge is 0.158 e. The molecule has 0 aromatic rings. The van der Waals surface area contributed by atoms with E-state index in [1.54, 1.807) is 0 Å². The lowest BCUT2D eigenvalue weighted by atomic mass is 10.1. The van der Waals surface area contributed by atoms with Crippen molar-refractivity contribution in [2.24, 2.45) is 5.92 Å². The van der Waals surface area contributed by atoms with Crippen molar-refractivity contribution < 1.29 is 14.3 Å². The van der Waals surface area contributed by atoms with E-state index in [9.17, 15) is 4.79 Å². The van der Waals surface area contributed by atoms with Gasteiger partial charge in [0, 0.05) is 18.9 Å². The average molecular weight is 186 g/mol. The maximum Gasteiger partial charge on any atom is 0.158 e. The van der Waals surface area contributed by atoms with Gasteiger partial charge in [0.15, 0.2) is 5.78 Å². The molecule has 0 bridgehead atoms. The zero-order valence-electron chi connectivity index (χ0n) is 8.25. The third kappa shape index (κ3) is 4.39. The third-order valence-electron chi connectivity index (χ3n) is 2.17. The Bertz CT molecular complexity index is 150. The molecular formula is C10H18O3. The van der Waals surface area contributed by atoms with Gasteiger partial charge in [-0.1, -0.05) is 6.92 Å². The summed E-state index contributed by atoms with van der Waals surface area (Å²) in [5.74, 6) is 0.718. The Hall–Kier alpha value is -0.410. The molecule has 1 atom stereocenters. The van der Waals surface area contributed by atoms with Crippen molar-refractivity contribution in [3.05, 3.63) is 0 Å². The molecule has 1 rings (SSSR count). The van der Waals surface area contributed by atoms with Crippen LogP contribution in [0.4, 0.5) is 0 Å². The average Bonchev–Trinajstić information content (AvgIpc) is 2.57. The highest BCUT2D eigenvalue weighted by molar-refractivity contribution is 5.79.